The molecule has 6 heteroatoms. The van der Waals surface area contributed by atoms with Gasteiger partial charge in [-0.2, -0.15) is 0 Å². The number of rotatable bonds is 3. The standard InChI is InChI=1S/C19H26N4O2/c1-5-16-20-21-18(25-16)23-12-10-22(11-13-23)17(24)14-6-8-15(9-7-14)19(2,3)4/h6-9H,5,10-13H2,1-4H3. The average molecular weight is 342 g/mol. The summed E-state index contributed by atoms with van der Waals surface area (Å²) in [5.41, 5.74) is 2.07. The van der Waals surface area contributed by atoms with Gasteiger partial charge in [0.1, 0.15) is 0 Å². The van der Waals surface area contributed by atoms with Crippen LogP contribution in [-0.2, 0) is 11.8 Å². The van der Waals surface area contributed by atoms with Crippen LogP contribution in [0.25, 0.3) is 0 Å². The van der Waals surface area contributed by atoms with Crippen molar-refractivity contribution in [3.8, 4) is 0 Å². The van der Waals surface area contributed by atoms with Gasteiger partial charge in [0.15, 0.2) is 0 Å². The fraction of sp³-hybridized carbons (Fsp3) is 0.526. The summed E-state index contributed by atoms with van der Waals surface area (Å²) in [6.45, 7) is 11.2. The molecule has 25 heavy (non-hydrogen) atoms. The zero-order valence-electron chi connectivity index (χ0n) is 15.5. The molecule has 0 bridgehead atoms. The van der Waals surface area contributed by atoms with E-state index in [0.29, 0.717) is 38.1 Å². The number of carbonyl (C=O) groups excluding carboxylic acids is 1. The fourth-order valence-electron chi connectivity index (χ4n) is 2.91. The maximum absolute atomic E-state index is 12.7. The van der Waals surface area contributed by atoms with Crippen LogP contribution >= 0.6 is 0 Å². The Morgan fingerprint density at radius 2 is 1.72 bits per heavy atom. The van der Waals surface area contributed by atoms with Crippen LogP contribution in [0.15, 0.2) is 28.7 Å². The Morgan fingerprint density at radius 1 is 1.08 bits per heavy atom. The van der Waals surface area contributed by atoms with Gasteiger partial charge in [0, 0.05) is 38.2 Å². The molecule has 2 aromatic rings. The van der Waals surface area contributed by atoms with Gasteiger partial charge >= 0.3 is 6.01 Å². The first-order valence-electron chi connectivity index (χ1n) is 8.85. The molecule has 0 saturated carbocycles. The van der Waals surface area contributed by atoms with Crippen molar-refractivity contribution < 1.29 is 9.21 Å². The summed E-state index contributed by atoms with van der Waals surface area (Å²) in [5, 5.41) is 8.08. The van der Waals surface area contributed by atoms with Crippen LogP contribution in [0.1, 0.15) is 49.5 Å². The Hall–Kier alpha value is -2.37. The second kappa shape index (κ2) is 6.86. The Bertz CT molecular complexity index is 723. The molecule has 3 rings (SSSR count). The van der Waals surface area contributed by atoms with E-state index < -0.39 is 0 Å². The van der Waals surface area contributed by atoms with Crippen LogP contribution in [0.2, 0.25) is 0 Å². The quantitative estimate of drug-likeness (QED) is 0.858. The predicted molar refractivity (Wildman–Crippen MR) is 96.9 cm³/mol. The molecule has 1 aromatic heterocycles. The number of carbonyl (C=O) groups is 1. The number of piperazine rings is 1. The van der Waals surface area contributed by atoms with Crippen LogP contribution in [0, 0.1) is 0 Å². The lowest BCUT2D eigenvalue weighted by molar-refractivity contribution is 0.0745. The van der Waals surface area contributed by atoms with Gasteiger partial charge in [0.2, 0.25) is 5.89 Å². The lowest BCUT2D eigenvalue weighted by Gasteiger charge is -2.33. The molecule has 0 N–H and O–H groups in total. The van der Waals surface area contributed by atoms with Crippen molar-refractivity contribution in [2.24, 2.45) is 0 Å². The van der Waals surface area contributed by atoms with Crippen molar-refractivity contribution in [3.63, 3.8) is 0 Å². The van der Waals surface area contributed by atoms with E-state index in [0.717, 1.165) is 12.0 Å². The third-order valence-electron chi connectivity index (χ3n) is 4.59. The van der Waals surface area contributed by atoms with E-state index in [1.807, 2.05) is 41.0 Å². The summed E-state index contributed by atoms with van der Waals surface area (Å²) in [5.74, 6) is 0.729. The summed E-state index contributed by atoms with van der Waals surface area (Å²) in [4.78, 5) is 16.6. The number of hydrogen-bond acceptors (Lipinski definition) is 5. The van der Waals surface area contributed by atoms with E-state index in [9.17, 15) is 4.79 Å². The minimum atomic E-state index is 0.0832. The largest absolute Gasteiger partial charge is 0.408 e. The minimum Gasteiger partial charge on any atom is -0.408 e. The van der Waals surface area contributed by atoms with Gasteiger partial charge < -0.3 is 14.2 Å². The van der Waals surface area contributed by atoms with Crippen molar-refractivity contribution >= 4 is 11.9 Å². The molecule has 0 spiro atoms. The highest BCUT2D eigenvalue weighted by Crippen LogP contribution is 2.23. The zero-order valence-corrected chi connectivity index (χ0v) is 15.5. The van der Waals surface area contributed by atoms with Gasteiger partial charge in [-0.1, -0.05) is 44.9 Å². The maximum atomic E-state index is 12.7. The molecule has 0 radical (unpaired) electrons. The van der Waals surface area contributed by atoms with Crippen LogP contribution in [-0.4, -0.2) is 47.2 Å². The van der Waals surface area contributed by atoms with Crippen LogP contribution in [0.4, 0.5) is 6.01 Å². The molecular weight excluding hydrogens is 316 g/mol. The lowest BCUT2D eigenvalue weighted by Crippen LogP contribution is -2.49. The molecule has 0 atom stereocenters. The molecule has 1 aliphatic rings. The second-order valence-electron chi connectivity index (χ2n) is 7.44. The summed E-state index contributed by atoms with van der Waals surface area (Å²) < 4.78 is 5.60. The highest BCUT2D eigenvalue weighted by Gasteiger charge is 2.25. The van der Waals surface area contributed by atoms with E-state index in [4.69, 9.17) is 4.42 Å². The number of aromatic nitrogens is 2. The third-order valence-corrected chi connectivity index (χ3v) is 4.59. The summed E-state index contributed by atoms with van der Waals surface area (Å²) >= 11 is 0. The summed E-state index contributed by atoms with van der Waals surface area (Å²) in [6.07, 6.45) is 0.732. The Balaban J connectivity index is 1.61. The third kappa shape index (κ3) is 3.83. The van der Waals surface area contributed by atoms with Crippen LogP contribution in [0.3, 0.4) is 0 Å². The van der Waals surface area contributed by atoms with Crippen LogP contribution < -0.4 is 4.90 Å². The second-order valence-corrected chi connectivity index (χ2v) is 7.44. The molecule has 6 nitrogen and oxygen atoms in total. The zero-order chi connectivity index (χ0) is 18.0. The molecule has 1 aliphatic heterocycles. The predicted octanol–water partition coefficient (Wildman–Crippen LogP) is 2.89. The normalized spacial score (nSPS) is 15.5. The van der Waals surface area contributed by atoms with Crippen molar-refractivity contribution in [1.29, 1.82) is 0 Å². The Kier molecular flexibility index (Phi) is 4.79. The van der Waals surface area contributed by atoms with Gasteiger partial charge in [0.05, 0.1) is 0 Å². The summed E-state index contributed by atoms with van der Waals surface area (Å²) in [6, 6.07) is 8.52. The smallest absolute Gasteiger partial charge is 0.318 e. The van der Waals surface area contributed by atoms with Crippen molar-refractivity contribution in [1.82, 2.24) is 15.1 Å². The van der Waals surface area contributed by atoms with E-state index in [2.05, 4.69) is 31.0 Å². The van der Waals surface area contributed by atoms with Crippen molar-refractivity contribution in [2.75, 3.05) is 31.1 Å². The summed E-state index contributed by atoms with van der Waals surface area (Å²) in [7, 11) is 0. The minimum absolute atomic E-state index is 0.0832. The first-order chi connectivity index (χ1) is 11.9. The SMILES string of the molecule is CCc1nnc(N2CCN(C(=O)c3ccc(C(C)(C)C)cc3)CC2)o1. The Labute approximate surface area is 148 Å². The van der Waals surface area contributed by atoms with E-state index in [1.54, 1.807) is 0 Å². The lowest BCUT2D eigenvalue weighted by atomic mass is 9.86. The van der Waals surface area contributed by atoms with Gasteiger partial charge in [-0.25, -0.2) is 0 Å². The van der Waals surface area contributed by atoms with Gasteiger partial charge in [-0.05, 0) is 23.1 Å². The molecule has 2 heterocycles. The molecule has 0 aliphatic carbocycles. The molecule has 1 amide bonds. The van der Waals surface area contributed by atoms with Crippen molar-refractivity contribution in [3.05, 3.63) is 41.3 Å². The van der Waals surface area contributed by atoms with E-state index >= 15 is 0 Å². The van der Waals surface area contributed by atoms with Crippen LogP contribution in [0.5, 0.6) is 0 Å². The van der Waals surface area contributed by atoms with Crippen molar-refractivity contribution in [2.45, 2.75) is 39.5 Å². The maximum Gasteiger partial charge on any atom is 0.318 e. The Morgan fingerprint density at radius 3 is 2.24 bits per heavy atom. The molecule has 0 unspecified atom stereocenters. The topological polar surface area (TPSA) is 62.5 Å². The molecule has 134 valence electrons. The first-order valence-corrected chi connectivity index (χ1v) is 8.85. The van der Waals surface area contributed by atoms with Gasteiger partial charge in [0.25, 0.3) is 5.91 Å². The highest BCUT2D eigenvalue weighted by atomic mass is 16.4. The first kappa shape index (κ1) is 17.5. The molecular formula is C19H26N4O2. The molecule has 1 saturated heterocycles. The number of amides is 1. The van der Waals surface area contributed by atoms with Gasteiger partial charge in [-0.15, -0.1) is 5.10 Å². The highest BCUT2D eigenvalue weighted by molar-refractivity contribution is 5.94. The number of benzene rings is 1. The average Bonchev–Trinajstić information content (AvgIpc) is 3.10. The van der Waals surface area contributed by atoms with Gasteiger partial charge in [-0.3, -0.25) is 4.79 Å². The number of nitrogens with zero attached hydrogens (tertiary/aromatic N) is 4. The number of aryl methyl sites for hydroxylation is 1. The molecule has 1 fully saturated rings. The monoisotopic (exact) mass is 342 g/mol. The fourth-order valence-corrected chi connectivity index (χ4v) is 2.91. The van der Waals surface area contributed by atoms with E-state index in [-0.39, 0.29) is 11.3 Å². The number of anilines is 1. The number of hydrogen-bond donors (Lipinski definition) is 0. The molecule has 1 aromatic carbocycles. The van der Waals surface area contributed by atoms with E-state index in [1.165, 1.54) is 5.56 Å².